The SMILES string of the molecule is Cc1c(CCCC(=O)O)ccc(C(=O)NCCCCC2CCCCC2)c1-c1ccccc1-c1ncco1. The van der Waals surface area contributed by atoms with Gasteiger partial charge in [0.2, 0.25) is 5.89 Å². The lowest BCUT2D eigenvalue weighted by molar-refractivity contribution is -0.137. The molecule has 2 aromatic carbocycles. The Hall–Kier alpha value is -3.41. The van der Waals surface area contributed by atoms with E-state index in [0.717, 1.165) is 46.6 Å². The molecule has 6 heteroatoms. The van der Waals surface area contributed by atoms with Gasteiger partial charge in [0.05, 0.1) is 6.20 Å². The largest absolute Gasteiger partial charge is 0.481 e. The molecule has 1 fully saturated rings. The lowest BCUT2D eigenvalue weighted by atomic mass is 9.86. The van der Waals surface area contributed by atoms with Crippen LogP contribution in [0, 0.1) is 12.8 Å². The minimum absolute atomic E-state index is 0.0879. The van der Waals surface area contributed by atoms with E-state index in [1.165, 1.54) is 38.5 Å². The average Bonchev–Trinajstić information content (AvgIpc) is 3.44. The number of aromatic nitrogens is 1. The smallest absolute Gasteiger partial charge is 0.303 e. The molecule has 2 N–H and O–H groups in total. The van der Waals surface area contributed by atoms with Crippen LogP contribution in [0.1, 0.15) is 85.7 Å². The highest BCUT2D eigenvalue weighted by atomic mass is 16.4. The predicted octanol–water partition coefficient (Wildman–Crippen LogP) is 7.20. The molecule has 1 aliphatic carbocycles. The van der Waals surface area contributed by atoms with Gasteiger partial charge in [0.15, 0.2) is 0 Å². The molecule has 0 spiro atoms. The fourth-order valence-electron chi connectivity index (χ4n) is 5.57. The third kappa shape index (κ3) is 7.09. The van der Waals surface area contributed by atoms with Crippen molar-refractivity contribution in [1.82, 2.24) is 10.3 Å². The average molecular weight is 503 g/mol. The molecule has 0 aliphatic heterocycles. The fraction of sp³-hybridized carbons (Fsp3) is 0.452. The third-order valence-corrected chi connectivity index (χ3v) is 7.57. The summed E-state index contributed by atoms with van der Waals surface area (Å²) >= 11 is 0. The van der Waals surface area contributed by atoms with Crippen molar-refractivity contribution in [3.8, 4) is 22.6 Å². The molecule has 4 rings (SSSR count). The molecule has 1 saturated carbocycles. The van der Waals surface area contributed by atoms with Crippen LogP contribution in [0.2, 0.25) is 0 Å². The molecular weight excluding hydrogens is 464 g/mol. The zero-order chi connectivity index (χ0) is 26.0. The molecule has 0 unspecified atom stereocenters. The second kappa shape index (κ2) is 13.2. The van der Waals surface area contributed by atoms with Crippen LogP contribution in [0.4, 0.5) is 0 Å². The van der Waals surface area contributed by atoms with Crippen LogP contribution in [0.3, 0.4) is 0 Å². The van der Waals surface area contributed by atoms with Gasteiger partial charge in [-0.05, 0) is 66.5 Å². The number of benzene rings is 2. The zero-order valence-corrected chi connectivity index (χ0v) is 21.8. The summed E-state index contributed by atoms with van der Waals surface area (Å²) < 4.78 is 5.61. The molecule has 37 heavy (non-hydrogen) atoms. The Bertz CT molecular complexity index is 1180. The van der Waals surface area contributed by atoms with Crippen molar-refractivity contribution in [1.29, 1.82) is 0 Å². The minimum Gasteiger partial charge on any atom is -0.481 e. The molecule has 1 aromatic heterocycles. The number of carbonyl (C=O) groups is 2. The number of unbranched alkanes of at least 4 members (excludes halogenated alkanes) is 1. The summed E-state index contributed by atoms with van der Waals surface area (Å²) in [5.74, 6) is 0.473. The Balaban J connectivity index is 1.55. The number of oxazole rings is 1. The minimum atomic E-state index is -0.799. The van der Waals surface area contributed by atoms with Crippen molar-refractivity contribution in [2.45, 2.75) is 77.6 Å². The number of hydrogen-bond donors (Lipinski definition) is 2. The molecule has 3 aromatic rings. The van der Waals surface area contributed by atoms with Gasteiger partial charge in [-0.25, -0.2) is 4.98 Å². The first-order chi connectivity index (χ1) is 18.0. The highest BCUT2D eigenvalue weighted by molar-refractivity contribution is 6.03. The van der Waals surface area contributed by atoms with Crippen molar-refractivity contribution in [3.05, 3.63) is 65.5 Å². The predicted molar refractivity (Wildman–Crippen MR) is 145 cm³/mol. The molecule has 0 radical (unpaired) electrons. The molecule has 1 amide bonds. The lowest BCUT2D eigenvalue weighted by Crippen LogP contribution is -2.25. The molecule has 0 bridgehead atoms. The number of nitrogens with zero attached hydrogens (tertiary/aromatic N) is 1. The van der Waals surface area contributed by atoms with Gasteiger partial charge in [0, 0.05) is 24.1 Å². The van der Waals surface area contributed by atoms with Crippen LogP contribution >= 0.6 is 0 Å². The maximum Gasteiger partial charge on any atom is 0.303 e. The van der Waals surface area contributed by atoms with Gasteiger partial charge in [-0.3, -0.25) is 9.59 Å². The molecule has 1 heterocycles. The van der Waals surface area contributed by atoms with Crippen LogP contribution in [-0.2, 0) is 11.2 Å². The van der Waals surface area contributed by atoms with E-state index in [-0.39, 0.29) is 12.3 Å². The number of aryl methyl sites for hydroxylation is 1. The number of aliphatic carboxylic acids is 1. The van der Waals surface area contributed by atoms with Crippen molar-refractivity contribution in [2.24, 2.45) is 5.92 Å². The quantitative estimate of drug-likeness (QED) is 0.255. The van der Waals surface area contributed by atoms with E-state index in [1.807, 2.05) is 43.3 Å². The van der Waals surface area contributed by atoms with E-state index in [9.17, 15) is 9.59 Å². The molecule has 0 saturated heterocycles. The number of nitrogens with one attached hydrogen (secondary N) is 1. The number of rotatable bonds is 12. The van der Waals surface area contributed by atoms with Gasteiger partial charge < -0.3 is 14.8 Å². The van der Waals surface area contributed by atoms with Gasteiger partial charge in [0.1, 0.15) is 6.26 Å². The van der Waals surface area contributed by atoms with Crippen LogP contribution in [0.25, 0.3) is 22.6 Å². The highest BCUT2D eigenvalue weighted by Crippen LogP contribution is 2.37. The third-order valence-electron chi connectivity index (χ3n) is 7.57. The first-order valence-electron chi connectivity index (χ1n) is 13.7. The molecule has 196 valence electrons. The topological polar surface area (TPSA) is 92.4 Å². The van der Waals surface area contributed by atoms with Crippen LogP contribution in [0.5, 0.6) is 0 Å². The summed E-state index contributed by atoms with van der Waals surface area (Å²) in [7, 11) is 0. The monoisotopic (exact) mass is 502 g/mol. The van der Waals surface area contributed by atoms with Gasteiger partial charge in [-0.1, -0.05) is 69.2 Å². The van der Waals surface area contributed by atoms with E-state index in [1.54, 1.807) is 12.5 Å². The fourth-order valence-corrected chi connectivity index (χ4v) is 5.57. The molecule has 6 nitrogen and oxygen atoms in total. The number of carboxylic acids is 1. The normalized spacial score (nSPS) is 14.0. The van der Waals surface area contributed by atoms with Crippen LogP contribution < -0.4 is 5.32 Å². The van der Waals surface area contributed by atoms with Crippen LogP contribution in [0.15, 0.2) is 53.3 Å². The summed E-state index contributed by atoms with van der Waals surface area (Å²) in [5, 5.41) is 12.2. The summed E-state index contributed by atoms with van der Waals surface area (Å²) in [6.07, 6.45) is 14.7. The highest BCUT2D eigenvalue weighted by Gasteiger charge is 2.21. The van der Waals surface area contributed by atoms with Gasteiger partial charge in [0.25, 0.3) is 5.91 Å². The first kappa shape index (κ1) is 26.6. The maximum atomic E-state index is 13.4. The summed E-state index contributed by atoms with van der Waals surface area (Å²) in [5.41, 5.74) is 5.19. The Morgan fingerprint density at radius 3 is 2.54 bits per heavy atom. The summed E-state index contributed by atoms with van der Waals surface area (Å²) in [6, 6.07) is 11.7. The number of amides is 1. The standard InChI is InChI=1S/C31H38N2O4/c1-22-24(13-9-16-28(34)35)17-18-27(30(36)32-19-8-7-12-23-10-3-2-4-11-23)29(22)25-14-5-6-15-26(25)31-33-20-21-37-31/h5-6,14-15,17-18,20-21,23H,2-4,7-13,16,19H2,1H3,(H,32,36)(H,34,35). The molecule has 0 atom stereocenters. The lowest BCUT2D eigenvalue weighted by Gasteiger charge is -2.21. The first-order valence-corrected chi connectivity index (χ1v) is 13.7. The molecular formula is C31H38N2O4. The van der Waals surface area contributed by atoms with E-state index in [0.29, 0.717) is 30.8 Å². The second-order valence-corrected chi connectivity index (χ2v) is 10.2. The van der Waals surface area contributed by atoms with Crippen molar-refractivity contribution < 1.29 is 19.1 Å². The van der Waals surface area contributed by atoms with E-state index in [2.05, 4.69) is 10.3 Å². The zero-order valence-electron chi connectivity index (χ0n) is 21.8. The number of carbonyl (C=O) groups excluding carboxylic acids is 1. The summed E-state index contributed by atoms with van der Waals surface area (Å²) in [4.78, 5) is 28.8. The number of carboxylic acid groups (broad SMARTS) is 1. The van der Waals surface area contributed by atoms with Gasteiger partial charge in [-0.15, -0.1) is 0 Å². The van der Waals surface area contributed by atoms with E-state index >= 15 is 0 Å². The van der Waals surface area contributed by atoms with E-state index in [4.69, 9.17) is 9.52 Å². The van der Waals surface area contributed by atoms with E-state index < -0.39 is 5.97 Å². The van der Waals surface area contributed by atoms with Crippen molar-refractivity contribution in [3.63, 3.8) is 0 Å². The second-order valence-electron chi connectivity index (χ2n) is 10.2. The Labute approximate surface area is 219 Å². The van der Waals surface area contributed by atoms with Gasteiger partial charge >= 0.3 is 5.97 Å². The molecule has 1 aliphatic rings. The number of hydrogen-bond acceptors (Lipinski definition) is 4. The Kier molecular flexibility index (Phi) is 9.52. The van der Waals surface area contributed by atoms with Crippen molar-refractivity contribution >= 4 is 11.9 Å². The van der Waals surface area contributed by atoms with Crippen LogP contribution in [-0.4, -0.2) is 28.5 Å². The van der Waals surface area contributed by atoms with Gasteiger partial charge in [-0.2, -0.15) is 0 Å². The van der Waals surface area contributed by atoms with Crippen molar-refractivity contribution in [2.75, 3.05) is 6.54 Å². The maximum absolute atomic E-state index is 13.4. The summed E-state index contributed by atoms with van der Waals surface area (Å²) in [6.45, 7) is 2.67. The Morgan fingerprint density at radius 1 is 1.03 bits per heavy atom. The Morgan fingerprint density at radius 2 is 1.81 bits per heavy atom.